The monoisotopic (exact) mass is 553 g/mol. The summed E-state index contributed by atoms with van der Waals surface area (Å²) in [6, 6.07) is 27.1. The number of amides is 3. The van der Waals surface area contributed by atoms with E-state index in [9.17, 15) is 19.5 Å². The third-order valence-electron chi connectivity index (χ3n) is 6.35. The maximum absolute atomic E-state index is 13.7. The average molecular weight is 554 g/mol. The lowest BCUT2D eigenvalue weighted by Gasteiger charge is -2.25. The minimum atomic E-state index is -1.04. The van der Waals surface area contributed by atoms with E-state index in [1.165, 1.54) is 12.1 Å². The van der Waals surface area contributed by atoms with Crippen LogP contribution in [0, 0.1) is 0 Å². The van der Waals surface area contributed by atoms with Crippen molar-refractivity contribution in [2.75, 3.05) is 5.32 Å². The molecule has 0 saturated carbocycles. The highest BCUT2D eigenvalue weighted by atomic mass is 16.6. The number of alkyl carbamates (subject to hydrolysis) is 1. The van der Waals surface area contributed by atoms with Crippen molar-refractivity contribution in [1.29, 1.82) is 0 Å². The number of carbonyl (C=O) groups excluding carboxylic acids is 3. The molecule has 4 rings (SSSR count). The normalized spacial score (nSPS) is 12.7. The van der Waals surface area contributed by atoms with Gasteiger partial charge in [-0.05, 0) is 55.5 Å². The smallest absolute Gasteiger partial charge is 0.408 e. The summed E-state index contributed by atoms with van der Waals surface area (Å²) in [5, 5.41) is 20.0. The number of phenolic OH excluding ortho intramolecular Hbond substituents is 1. The molecule has 0 aliphatic heterocycles. The molecule has 212 valence electrons. The van der Waals surface area contributed by atoms with Gasteiger partial charge < -0.3 is 25.8 Å². The zero-order chi connectivity index (χ0) is 29.4. The SMILES string of the molecule is CC(C)(C)OC(=O)NC(Cc1ccc(O)cc1)C(=O)NC(Cc1ccccc1)C(=O)Nc1cccc2ccccc12. The lowest BCUT2D eigenvalue weighted by Crippen LogP contribution is -2.54. The summed E-state index contributed by atoms with van der Waals surface area (Å²) in [5.41, 5.74) is 1.44. The standard InChI is InChI=1S/C33H35N3O5/c1-33(2,3)41-32(40)36-29(21-23-16-18-25(37)19-17-23)31(39)35-28(20-22-10-5-4-6-11-22)30(38)34-27-15-9-13-24-12-7-8-14-26(24)27/h4-19,28-29,37H,20-21H2,1-3H3,(H,34,38)(H,35,39)(H,36,40). The van der Waals surface area contributed by atoms with Crippen molar-refractivity contribution in [3.8, 4) is 5.75 Å². The lowest BCUT2D eigenvalue weighted by atomic mass is 10.0. The molecule has 8 heteroatoms. The molecule has 2 unspecified atom stereocenters. The fraction of sp³-hybridized carbons (Fsp3) is 0.242. The first-order valence-corrected chi connectivity index (χ1v) is 13.5. The average Bonchev–Trinajstić information content (AvgIpc) is 2.93. The molecule has 0 aliphatic rings. The van der Waals surface area contributed by atoms with Gasteiger partial charge in [-0.25, -0.2) is 4.79 Å². The molecule has 0 bridgehead atoms. The maximum atomic E-state index is 13.7. The molecule has 4 N–H and O–H groups in total. The number of hydrogen-bond acceptors (Lipinski definition) is 5. The van der Waals surface area contributed by atoms with E-state index < -0.39 is 29.7 Å². The zero-order valence-corrected chi connectivity index (χ0v) is 23.4. The molecule has 0 fully saturated rings. The summed E-state index contributed by atoms with van der Waals surface area (Å²) >= 11 is 0. The fourth-order valence-corrected chi connectivity index (χ4v) is 4.41. The van der Waals surface area contributed by atoms with Gasteiger partial charge in [0.15, 0.2) is 0 Å². The minimum absolute atomic E-state index is 0.0860. The largest absolute Gasteiger partial charge is 0.508 e. The van der Waals surface area contributed by atoms with Crippen molar-refractivity contribution < 1.29 is 24.2 Å². The molecular weight excluding hydrogens is 518 g/mol. The number of ether oxygens (including phenoxy) is 1. The van der Waals surface area contributed by atoms with E-state index in [-0.39, 0.29) is 24.5 Å². The fourth-order valence-electron chi connectivity index (χ4n) is 4.41. The van der Waals surface area contributed by atoms with Crippen LogP contribution in [0.3, 0.4) is 0 Å². The molecule has 4 aromatic carbocycles. The molecule has 4 aromatic rings. The van der Waals surface area contributed by atoms with E-state index in [0.29, 0.717) is 11.3 Å². The van der Waals surface area contributed by atoms with E-state index in [0.717, 1.165) is 16.3 Å². The Labute approximate surface area is 239 Å². The number of benzene rings is 4. The first kappa shape index (κ1) is 29.1. The first-order chi connectivity index (χ1) is 19.6. The summed E-state index contributed by atoms with van der Waals surface area (Å²) in [4.78, 5) is 40.0. The van der Waals surface area contributed by atoms with Gasteiger partial charge in [0.25, 0.3) is 0 Å². The summed E-state index contributed by atoms with van der Waals surface area (Å²) in [7, 11) is 0. The van der Waals surface area contributed by atoms with Crippen LogP contribution in [0.5, 0.6) is 5.75 Å². The molecule has 0 saturated heterocycles. The van der Waals surface area contributed by atoms with Crippen molar-refractivity contribution in [3.63, 3.8) is 0 Å². The van der Waals surface area contributed by atoms with Gasteiger partial charge in [-0.3, -0.25) is 9.59 Å². The van der Waals surface area contributed by atoms with E-state index in [1.54, 1.807) is 32.9 Å². The predicted molar refractivity (Wildman–Crippen MR) is 160 cm³/mol. The van der Waals surface area contributed by atoms with Crippen LogP contribution < -0.4 is 16.0 Å². The molecule has 0 spiro atoms. The zero-order valence-electron chi connectivity index (χ0n) is 23.4. The van der Waals surface area contributed by atoms with Crippen molar-refractivity contribution in [1.82, 2.24) is 10.6 Å². The topological polar surface area (TPSA) is 117 Å². The molecule has 8 nitrogen and oxygen atoms in total. The molecular formula is C33H35N3O5. The molecule has 3 amide bonds. The van der Waals surface area contributed by atoms with Crippen LogP contribution in [0.25, 0.3) is 10.8 Å². The number of hydrogen-bond donors (Lipinski definition) is 4. The van der Waals surface area contributed by atoms with Gasteiger partial charge in [0.2, 0.25) is 11.8 Å². The molecule has 41 heavy (non-hydrogen) atoms. The van der Waals surface area contributed by atoms with E-state index in [4.69, 9.17) is 4.74 Å². The maximum Gasteiger partial charge on any atom is 0.408 e. The van der Waals surface area contributed by atoms with Crippen molar-refractivity contribution in [3.05, 3.63) is 108 Å². The quantitative estimate of drug-likeness (QED) is 0.223. The lowest BCUT2D eigenvalue weighted by molar-refractivity contribution is -0.127. The van der Waals surface area contributed by atoms with Crippen LogP contribution in [0.2, 0.25) is 0 Å². The number of phenols is 1. The van der Waals surface area contributed by atoms with Gasteiger partial charge in [0.1, 0.15) is 23.4 Å². The number of aromatic hydroxyl groups is 1. The van der Waals surface area contributed by atoms with Gasteiger partial charge in [-0.15, -0.1) is 0 Å². The minimum Gasteiger partial charge on any atom is -0.508 e. The Bertz CT molecular complexity index is 1490. The second kappa shape index (κ2) is 13.0. The highest BCUT2D eigenvalue weighted by molar-refractivity contribution is 6.05. The molecule has 2 atom stereocenters. The summed E-state index contributed by atoms with van der Waals surface area (Å²) < 4.78 is 5.39. The second-order valence-electron chi connectivity index (χ2n) is 10.8. The Kier molecular flexibility index (Phi) is 9.24. The van der Waals surface area contributed by atoms with Crippen LogP contribution in [-0.2, 0) is 27.2 Å². The van der Waals surface area contributed by atoms with Crippen LogP contribution >= 0.6 is 0 Å². The number of fused-ring (bicyclic) bond motifs is 1. The third-order valence-corrected chi connectivity index (χ3v) is 6.35. The number of rotatable bonds is 9. The summed E-state index contributed by atoms with van der Waals surface area (Å²) in [6.07, 6.45) is -0.396. The predicted octanol–water partition coefficient (Wildman–Crippen LogP) is 5.35. The Hall–Kier alpha value is -4.85. The Balaban J connectivity index is 1.59. The van der Waals surface area contributed by atoms with Crippen molar-refractivity contribution >= 4 is 34.4 Å². The van der Waals surface area contributed by atoms with Gasteiger partial charge in [-0.2, -0.15) is 0 Å². The summed E-state index contributed by atoms with van der Waals surface area (Å²) in [6.45, 7) is 5.19. The van der Waals surface area contributed by atoms with Gasteiger partial charge in [0.05, 0.1) is 0 Å². The van der Waals surface area contributed by atoms with E-state index in [2.05, 4.69) is 16.0 Å². The number of nitrogens with one attached hydrogen (secondary N) is 3. The number of anilines is 1. The van der Waals surface area contributed by atoms with Crippen LogP contribution in [-0.4, -0.2) is 40.7 Å². The van der Waals surface area contributed by atoms with Gasteiger partial charge >= 0.3 is 6.09 Å². The van der Waals surface area contributed by atoms with Crippen LogP contribution in [0.1, 0.15) is 31.9 Å². The van der Waals surface area contributed by atoms with Crippen LogP contribution in [0.4, 0.5) is 10.5 Å². The third kappa shape index (κ3) is 8.57. The van der Waals surface area contributed by atoms with Gasteiger partial charge in [-0.1, -0.05) is 78.9 Å². The molecule has 0 radical (unpaired) electrons. The van der Waals surface area contributed by atoms with E-state index in [1.807, 2.05) is 72.8 Å². The highest BCUT2D eigenvalue weighted by Crippen LogP contribution is 2.23. The van der Waals surface area contributed by atoms with Crippen molar-refractivity contribution in [2.45, 2.75) is 51.3 Å². The highest BCUT2D eigenvalue weighted by Gasteiger charge is 2.29. The Morgan fingerprint density at radius 3 is 1.98 bits per heavy atom. The van der Waals surface area contributed by atoms with Crippen LogP contribution in [0.15, 0.2) is 97.1 Å². The molecule has 0 aromatic heterocycles. The van der Waals surface area contributed by atoms with E-state index >= 15 is 0 Å². The van der Waals surface area contributed by atoms with Crippen molar-refractivity contribution in [2.24, 2.45) is 0 Å². The summed E-state index contributed by atoms with van der Waals surface area (Å²) in [5.74, 6) is -0.847. The number of carbonyl (C=O) groups is 3. The molecule has 0 heterocycles. The first-order valence-electron chi connectivity index (χ1n) is 13.5. The Morgan fingerprint density at radius 2 is 1.29 bits per heavy atom. The Morgan fingerprint density at radius 1 is 0.707 bits per heavy atom. The molecule has 0 aliphatic carbocycles. The van der Waals surface area contributed by atoms with Gasteiger partial charge in [0, 0.05) is 23.9 Å². The second-order valence-corrected chi connectivity index (χ2v) is 10.8.